The molecule has 0 amide bonds. The smallest absolute Gasteiger partial charge is 0.228 e. The van der Waals surface area contributed by atoms with Crippen LogP contribution in [0.2, 0.25) is 0 Å². The third-order valence-electron chi connectivity index (χ3n) is 4.64. The van der Waals surface area contributed by atoms with Crippen LogP contribution in [0, 0.1) is 0 Å². The maximum Gasteiger partial charge on any atom is 0.453 e. The van der Waals surface area contributed by atoms with E-state index in [1.807, 2.05) is 0 Å². The van der Waals surface area contributed by atoms with Gasteiger partial charge in [-0.15, -0.1) is 23.2 Å². The van der Waals surface area contributed by atoms with Crippen molar-refractivity contribution in [2.24, 2.45) is 0 Å². The Labute approximate surface area is 183 Å². The molecule has 0 saturated heterocycles. The van der Waals surface area contributed by atoms with Gasteiger partial charge in [0.25, 0.3) is 0 Å². The lowest BCUT2D eigenvalue weighted by Gasteiger charge is -2.28. The Bertz CT molecular complexity index is 587. The summed E-state index contributed by atoms with van der Waals surface area (Å²) < 4.78 is 153. The minimum atomic E-state index is -5.93. The molecule has 0 aliphatic rings. The van der Waals surface area contributed by atoms with Crippen LogP contribution in [0.15, 0.2) is 0 Å². The van der Waals surface area contributed by atoms with E-state index in [0.29, 0.717) is 0 Å². The SMILES string of the molecule is O=S(=O)(C(CCCCl)CCC(F)(F)C(F)(F)F)C(CCCCl)CCC(F)(F)C(F)(F)F. The number of halogens is 12. The predicted molar refractivity (Wildman–Crippen MR) is 96.9 cm³/mol. The van der Waals surface area contributed by atoms with Crippen molar-refractivity contribution in [3.8, 4) is 0 Å². The molecule has 0 radical (unpaired) electrons. The molecule has 0 aromatic rings. The first-order valence-corrected chi connectivity index (χ1v) is 11.7. The largest absolute Gasteiger partial charge is 0.453 e. The van der Waals surface area contributed by atoms with Gasteiger partial charge >= 0.3 is 24.2 Å². The van der Waals surface area contributed by atoms with E-state index >= 15 is 0 Å². The molecule has 0 saturated carbocycles. The van der Waals surface area contributed by atoms with Crippen molar-refractivity contribution >= 4 is 33.0 Å². The summed E-state index contributed by atoms with van der Waals surface area (Å²) in [6.07, 6.45) is -19.1. The molecule has 0 aliphatic carbocycles. The maximum absolute atomic E-state index is 13.3. The van der Waals surface area contributed by atoms with Crippen molar-refractivity contribution in [1.29, 1.82) is 0 Å². The number of alkyl halides is 12. The normalized spacial score (nSPS) is 16.4. The van der Waals surface area contributed by atoms with E-state index in [1.54, 1.807) is 0 Å². The second-order valence-electron chi connectivity index (χ2n) is 6.98. The highest BCUT2D eigenvalue weighted by atomic mass is 35.5. The first-order valence-electron chi connectivity index (χ1n) is 9.07. The van der Waals surface area contributed by atoms with Gasteiger partial charge < -0.3 is 0 Å². The molecule has 2 atom stereocenters. The van der Waals surface area contributed by atoms with Crippen molar-refractivity contribution in [2.45, 2.75) is 86.1 Å². The van der Waals surface area contributed by atoms with Crippen LogP contribution in [0.1, 0.15) is 51.4 Å². The van der Waals surface area contributed by atoms with Gasteiger partial charge in [-0.1, -0.05) is 0 Å². The molecule has 15 heteroatoms. The summed E-state index contributed by atoms with van der Waals surface area (Å²) in [7, 11) is -4.66. The first-order chi connectivity index (χ1) is 13.8. The third-order valence-corrected chi connectivity index (χ3v) is 7.97. The lowest BCUT2D eigenvalue weighted by molar-refractivity contribution is -0.284. The molecule has 0 N–H and O–H groups in total. The molecule has 0 spiro atoms. The van der Waals surface area contributed by atoms with Gasteiger partial charge in [0.2, 0.25) is 0 Å². The van der Waals surface area contributed by atoms with Crippen LogP contribution in [-0.2, 0) is 9.84 Å². The molecule has 2 nitrogen and oxygen atoms in total. The van der Waals surface area contributed by atoms with Gasteiger partial charge in [-0.05, 0) is 38.5 Å². The van der Waals surface area contributed by atoms with Gasteiger partial charge in [-0.3, -0.25) is 0 Å². The molecule has 188 valence electrons. The van der Waals surface area contributed by atoms with Crippen molar-refractivity contribution in [3.63, 3.8) is 0 Å². The zero-order valence-corrected chi connectivity index (χ0v) is 18.3. The van der Waals surface area contributed by atoms with Crippen LogP contribution in [-0.4, -0.2) is 54.9 Å². The van der Waals surface area contributed by atoms with Crippen molar-refractivity contribution in [1.82, 2.24) is 0 Å². The molecule has 2 unspecified atom stereocenters. The summed E-state index contributed by atoms with van der Waals surface area (Å²) in [6.45, 7) is 0. The van der Waals surface area contributed by atoms with Crippen LogP contribution in [0.5, 0.6) is 0 Å². The molecule has 0 fully saturated rings. The topological polar surface area (TPSA) is 34.1 Å². The Kier molecular flexibility index (Phi) is 11.7. The number of rotatable bonds is 14. The van der Waals surface area contributed by atoms with Crippen molar-refractivity contribution in [2.75, 3.05) is 11.8 Å². The summed E-state index contributed by atoms with van der Waals surface area (Å²) >= 11 is 10.9. The van der Waals surface area contributed by atoms with E-state index in [1.165, 1.54) is 0 Å². The molecule has 31 heavy (non-hydrogen) atoms. The number of sulfone groups is 1. The number of hydrogen-bond donors (Lipinski definition) is 0. The van der Waals surface area contributed by atoms with Crippen LogP contribution < -0.4 is 0 Å². The van der Waals surface area contributed by atoms with Gasteiger partial charge in [0.1, 0.15) is 0 Å². The summed E-state index contributed by atoms with van der Waals surface area (Å²) in [5.41, 5.74) is 0. The molecule has 0 bridgehead atoms. The molecule has 0 aromatic heterocycles. The molecular weight excluding hydrogens is 517 g/mol. The second-order valence-corrected chi connectivity index (χ2v) is 10.2. The van der Waals surface area contributed by atoms with Crippen LogP contribution in [0.3, 0.4) is 0 Å². The number of hydrogen-bond acceptors (Lipinski definition) is 2. The summed E-state index contributed by atoms with van der Waals surface area (Å²) in [5, 5.41) is -3.64. The Hall–Kier alpha value is -0.170. The Morgan fingerprint density at radius 3 is 1.10 bits per heavy atom. The molecular formula is C16H22Cl2F10O2S. The summed E-state index contributed by atoms with van der Waals surface area (Å²) in [5.74, 6) is -10.7. The average Bonchev–Trinajstić information content (AvgIpc) is 2.59. The van der Waals surface area contributed by atoms with Gasteiger partial charge in [0, 0.05) is 24.6 Å². The van der Waals surface area contributed by atoms with E-state index in [4.69, 9.17) is 23.2 Å². The predicted octanol–water partition coefficient (Wildman–Crippen LogP) is 7.13. The van der Waals surface area contributed by atoms with Crippen LogP contribution >= 0.6 is 23.2 Å². The molecule has 0 rings (SSSR count). The van der Waals surface area contributed by atoms with Crippen LogP contribution in [0.4, 0.5) is 43.9 Å². The zero-order chi connectivity index (χ0) is 24.7. The van der Waals surface area contributed by atoms with Gasteiger partial charge in [-0.2, -0.15) is 43.9 Å². The molecule has 0 aliphatic heterocycles. The minimum Gasteiger partial charge on any atom is -0.228 e. The summed E-state index contributed by atoms with van der Waals surface area (Å²) in [4.78, 5) is 0. The Balaban J connectivity index is 5.72. The maximum atomic E-state index is 13.3. The standard InChI is InChI=1S/C16H22Cl2F10O2S/c17-9-1-3-11(5-7-13(19,20)15(23,24)25)31(29,30)12(4-2-10-18)6-8-14(21,22)16(26,27)28/h11-12H,1-10H2. The van der Waals surface area contributed by atoms with E-state index in [-0.39, 0.29) is 24.6 Å². The quantitative estimate of drug-likeness (QED) is 0.174. The zero-order valence-electron chi connectivity index (χ0n) is 16.0. The summed E-state index contributed by atoms with van der Waals surface area (Å²) in [6, 6.07) is 0. The van der Waals surface area contributed by atoms with Gasteiger partial charge in [0.15, 0.2) is 9.84 Å². The highest BCUT2D eigenvalue weighted by Gasteiger charge is 2.58. The fourth-order valence-electron chi connectivity index (χ4n) is 2.80. The Morgan fingerprint density at radius 1 is 0.581 bits per heavy atom. The van der Waals surface area contributed by atoms with Crippen molar-refractivity contribution < 1.29 is 52.3 Å². The minimum absolute atomic E-state index is 0.107. The monoisotopic (exact) mass is 538 g/mol. The van der Waals surface area contributed by atoms with E-state index < -0.39 is 83.1 Å². The molecule has 0 heterocycles. The highest BCUT2D eigenvalue weighted by Crippen LogP contribution is 2.42. The lowest BCUT2D eigenvalue weighted by Crippen LogP contribution is -2.41. The lowest BCUT2D eigenvalue weighted by atomic mass is 10.1. The fraction of sp³-hybridized carbons (Fsp3) is 1.00. The Morgan fingerprint density at radius 2 is 0.871 bits per heavy atom. The van der Waals surface area contributed by atoms with Crippen molar-refractivity contribution in [3.05, 3.63) is 0 Å². The average molecular weight is 539 g/mol. The first kappa shape index (κ1) is 30.8. The van der Waals surface area contributed by atoms with E-state index in [2.05, 4.69) is 0 Å². The van der Waals surface area contributed by atoms with E-state index in [9.17, 15) is 52.3 Å². The molecule has 0 aromatic carbocycles. The van der Waals surface area contributed by atoms with Crippen LogP contribution in [0.25, 0.3) is 0 Å². The fourth-order valence-corrected chi connectivity index (χ4v) is 5.53. The van der Waals surface area contributed by atoms with Gasteiger partial charge in [0.05, 0.1) is 10.5 Å². The third kappa shape index (κ3) is 9.30. The highest BCUT2D eigenvalue weighted by molar-refractivity contribution is 7.92. The van der Waals surface area contributed by atoms with E-state index in [0.717, 1.165) is 0 Å². The second kappa shape index (κ2) is 11.8. The van der Waals surface area contributed by atoms with Gasteiger partial charge in [-0.25, -0.2) is 8.42 Å².